The summed E-state index contributed by atoms with van der Waals surface area (Å²) in [7, 11) is 0. The molecular formula is C16H21N3S. The predicted octanol–water partition coefficient (Wildman–Crippen LogP) is 3.27. The minimum atomic E-state index is 0.231. The van der Waals surface area contributed by atoms with Crippen LogP contribution in [-0.4, -0.2) is 16.5 Å². The number of nitrogens with two attached hydrogens (primary N) is 1. The summed E-state index contributed by atoms with van der Waals surface area (Å²) in [6.45, 7) is 0. The average Bonchev–Trinajstić information content (AvgIpc) is 2.53. The number of hydrogen-bond acceptors (Lipinski definition) is 4. The van der Waals surface area contributed by atoms with Crippen LogP contribution in [0.2, 0.25) is 0 Å². The van der Waals surface area contributed by atoms with Gasteiger partial charge in [0.25, 0.3) is 0 Å². The van der Waals surface area contributed by atoms with Crippen molar-refractivity contribution in [3.63, 3.8) is 0 Å². The molecule has 1 atom stereocenters. The fourth-order valence-corrected chi connectivity index (χ4v) is 4.26. The number of nitrogens with zero attached hydrogens (tertiary/aromatic N) is 1. The van der Waals surface area contributed by atoms with Gasteiger partial charge in [0.1, 0.15) is 0 Å². The Bertz CT molecular complexity index is 561. The lowest BCUT2D eigenvalue weighted by molar-refractivity contribution is 0.375. The normalized spacial score (nSPS) is 18.2. The number of hydrazine groups is 1. The van der Waals surface area contributed by atoms with Gasteiger partial charge in [-0.05, 0) is 53.7 Å². The lowest BCUT2D eigenvalue weighted by Gasteiger charge is -2.27. The Kier molecular flexibility index (Phi) is 4.55. The molecule has 0 spiro atoms. The Morgan fingerprint density at radius 2 is 2.15 bits per heavy atom. The standard InChI is InChI=1S/C16H21N3S/c17-19-16(10-12-5-8-20-9-6-12)15-3-1-2-13-11-18-7-4-14(13)15/h1-4,7,11-12,16,19H,5-6,8-10,17H2. The smallest absolute Gasteiger partial charge is 0.0468 e. The Morgan fingerprint density at radius 1 is 1.30 bits per heavy atom. The van der Waals surface area contributed by atoms with Crippen molar-refractivity contribution in [2.45, 2.75) is 25.3 Å². The fraction of sp³-hybridized carbons (Fsp3) is 0.438. The van der Waals surface area contributed by atoms with Gasteiger partial charge in [0.2, 0.25) is 0 Å². The van der Waals surface area contributed by atoms with E-state index in [9.17, 15) is 0 Å². The molecule has 0 saturated carbocycles. The van der Waals surface area contributed by atoms with Crippen LogP contribution in [0, 0.1) is 5.92 Å². The summed E-state index contributed by atoms with van der Waals surface area (Å²) < 4.78 is 0. The molecule has 3 rings (SSSR count). The van der Waals surface area contributed by atoms with E-state index in [1.54, 1.807) is 0 Å². The molecule has 4 heteroatoms. The maximum absolute atomic E-state index is 5.84. The summed E-state index contributed by atoms with van der Waals surface area (Å²) in [5.41, 5.74) is 4.33. The number of nitrogens with one attached hydrogen (secondary N) is 1. The molecule has 2 heterocycles. The number of aromatic nitrogens is 1. The van der Waals surface area contributed by atoms with Crippen LogP contribution in [0.4, 0.5) is 0 Å². The molecule has 20 heavy (non-hydrogen) atoms. The van der Waals surface area contributed by atoms with E-state index >= 15 is 0 Å². The summed E-state index contributed by atoms with van der Waals surface area (Å²) in [4.78, 5) is 4.20. The molecule has 1 aromatic heterocycles. The minimum Gasteiger partial charge on any atom is -0.271 e. The van der Waals surface area contributed by atoms with Crippen LogP contribution in [-0.2, 0) is 0 Å². The number of thioether (sulfide) groups is 1. The maximum atomic E-state index is 5.84. The first kappa shape index (κ1) is 13.9. The van der Waals surface area contributed by atoms with Crippen LogP contribution in [0.15, 0.2) is 36.7 Å². The zero-order valence-electron chi connectivity index (χ0n) is 11.6. The number of hydrogen-bond donors (Lipinski definition) is 2. The summed E-state index contributed by atoms with van der Waals surface area (Å²) in [5, 5.41) is 2.44. The molecule has 3 nitrogen and oxygen atoms in total. The van der Waals surface area contributed by atoms with Gasteiger partial charge in [-0.2, -0.15) is 11.8 Å². The van der Waals surface area contributed by atoms with Crippen LogP contribution >= 0.6 is 11.8 Å². The third-order valence-corrected chi connectivity index (χ3v) is 5.25. The summed E-state index contributed by atoms with van der Waals surface area (Å²) in [5.74, 6) is 9.21. The van der Waals surface area contributed by atoms with Gasteiger partial charge in [-0.15, -0.1) is 0 Å². The SMILES string of the molecule is NNC(CC1CCSCC1)c1cccc2cnccc12. The molecule has 2 aromatic rings. The van der Waals surface area contributed by atoms with E-state index in [0.717, 1.165) is 12.3 Å². The van der Waals surface area contributed by atoms with Gasteiger partial charge in [0.15, 0.2) is 0 Å². The van der Waals surface area contributed by atoms with E-state index in [1.807, 2.05) is 12.4 Å². The third-order valence-electron chi connectivity index (χ3n) is 4.20. The van der Waals surface area contributed by atoms with Gasteiger partial charge < -0.3 is 0 Å². The second kappa shape index (κ2) is 6.57. The molecule has 1 aliphatic heterocycles. The highest BCUT2D eigenvalue weighted by Gasteiger charge is 2.20. The lowest BCUT2D eigenvalue weighted by Crippen LogP contribution is -2.30. The summed E-state index contributed by atoms with van der Waals surface area (Å²) in [6, 6.07) is 8.71. The first-order valence-electron chi connectivity index (χ1n) is 7.25. The van der Waals surface area contributed by atoms with Crippen LogP contribution in [0.5, 0.6) is 0 Å². The van der Waals surface area contributed by atoms with Crippen molar-refractivity contribution in [2.24, 2.45) is 11.8 Å². The molecule has 3 N–H and O–H groups in total. The van der Waals surface area contributed by atoms with Crippen molar-refractivity contribution in [1.82, 2.24) is 10.4 Å². The maximum Gasteiger partial charge on any atom is 0.0468 e. The molecule has 0 radical (unpaired) electrons. The minimum absolute atomic E-state index is 0.231. The van der Waals surface area contributed by atoms with Crippen molar-refractivity contribution >= 4 is 22.5 Å². The van der Waals surface area contributed by atoms with E-state index in [0.29, 0.717) is 0 Å². The molecule has 0 bridgehead atoms. The Morgan fingerprint density at radius 3 is 2.95 bits per heavy atom. The number of rotatable bonds is 4. The van der Waals surface area contributed by atoms with Gasteiger partial charge in [0.05, 0.1) is 0 Å². The first-order valence-corrected chi connectivity index (χ1v) is 8.40. The van der Waals surface area contributed by atoms with Gasteiger partial charge in [-0.1, -0.05) is 18.2 Å². The Labute approximate surface area is 124 Å². The van der Waals surface area contributed by atoms with E-state index in [-0.39, 0.29) is 6.04 Å². The van der Waals surface area contributed by atoms with Crippen molar-refractivity contribution in [1.29, 1.82) is 0 Å². The second-order valence-corrected chi connectivity index (χ2v) is 6.68. The lowest BCUT2D eigenvalue weighted by atomic mass is 9.89. The van der Waals surface area contributed by atoms with E-state index in [4.69, 9.17) is 5.84 Å². The molecular weight excluding hydrogens is 266 g/mol. The zero-order valence-corrected chi connectivity index (χ0v) is 12.4. The van der Waals surface area contributed by atoms with E-state index in [1.165, 1.54) is 40.7 Å². The molecule has 0 aliphatic carbocycles. The monoisotopic (exact) mass is 287 g/mol. The molecule has 1 aromatic carbocycles. The zero-order chi connectivity index (χ0) is 13.8. The van der Waals surface area contributed by atoms with Crippen molar-refractivity contribution in [2.75, 3.05) is 11.5 Å². The second-order valence-electron chi connectivity index (χ2n) is 5.45. The van der Waals surface area contributed by atoms with Gasteiger partial charge in [0, 0.05) is 23.8 Å². The van der Waals surface area contributed by atoms with Crippen LogP contribution in [0.25, 0.3) is 10.8 Å². The average molecular weight is 287 g/mol. The highest BCUT2D eigenvalue weighted by molar-refractivity contribution is 7.99. The van der Waals surface area contributed by atoms with Gasteiger partial charge in [-0.3, -0.25) is 16.3 Å². The largest absolute Gasteiger partial charge is 0.271 e. The van der Waals surface area contributed by atoms with Crippen LogP contribution in [0.1, 0.15) is 30.9 Å². The fourth-order valence-electron chi connectivity index (χ4n) is 3.05. The number of pyridine rings is 1. The molecule has 1 aliphatic rings. The Hall–Kier alpha value is -1.10. The van der Waals surface area contributed by atoms with Gasteiger partial charge >= 0.3 is 0 Å². The van der Waals surface area contributed by atoms with E-state index in [2.05, 4.69) is 46.4 Å². The molecule has 1 saturated heterocycles. The third kappa shape index (κ3) is 2.97. The van der Waals surface area contributed by atoms with Gasteiger partial charge in [-0.25, -0.2) is 0 Å². The molecule has 0 amide bonds. The molecule has 106 valence electrons. The molecule has 1 fully saturated rings. The van der Waals surface area contributed by atoms with Crippen molar-refractivity contribution in [3.05, 3.63) is 42.2 Å². The highest BCUT2D eigenvalue weighted by atomic mass is 32.2. The summed E-state index contributed by atoms with van der Waals surface area (Å²) >= 11 is 2.07. The van der Waals surface area contributed by atoms with Crippen LogP contribution < -0.4 is 11.3 Å². The highest BCUT2D eigenvalue weighted by Crippen LogP contribution is 2.33. The quantitative estimate of drug-likeness (QED) is 0.669. The topological polar surface area (TPSA) is 50.9 Å². The van der Waals surface area contributed by atoms with Crippen molar-refractivity contribution < 1.29 is 0 Å². The number of benzene rings is 1. The van der Waals surface area contributed by atoms with Crippen LogP contribution in [0.3, 0.4) is 0 Å². The van der Waals surface area contributed by atoms with E-state index < -0.39 is 0 Å². The number of fused-ring (bicyclic) bond motifs is 1. The predicted molar refractivity (Wildman–Crippen MR) is 86.5 cm³/mol. The Balaban J connectivity index is 1.86. The summed E-state index contributed by atoms with van der Waals surface area (Å²) in [6.07, 6.45) is 7.53. The molecule has 1 unspecified atom stereocenters. The van der Waals surface area contributed by atoms with Crippen molar-refractivity contribution in [3.8, 4) is 0 Å². The first-order chi connectivity index (χ1) is 9.88.